The molecule has 0 aromatic heterocycles. The fourth-order valence-electron chi connectivity index (χ4n) is 2.91. The van der Waals surface area contributed by atoms with E-state index in [4.69, 9.17) is 4.74 Å². The number of benzene rings is 1. The second-order valence-corrected chi connectivity index (χ2v) is 19.1. The average molecular weight is 487 g/mol. The van der Waals surface area contributed by atoms with Gasteiger partial charge >= 0.3 is 140 Å². The Kier molecular flexibility index (Phi) is 8.20. The first kappa shape index (κ1) is 18.9. The van der Waals surface area contributed by atoms with Gasteiger partial charge in [-0.05, 0) is 0 Å². The number of ether oxygens (including phenoxy) is 1. The molecular weight excluding hydrogens is 455 g/mol. The molecule has 0 saturated heterocycles. The molecule has 0 bridgehead atoms. The van der Waals surface area contributed by atoms with E-state index in [9.17, 15) is 0 Å². The van der Waals surface area contributed by atoms with E-state index in [2.05, 4.69) is 64.6 Å². The molecule has 3 heteroatoms. The van der Waals surface area contributed by atoms with Gasteiger partial charge in [0.25, 0.3) is 0 Å². The Morgan fingerprint density at radius 2 is 1.62 bits per heavy atom. The van der Waals surface area contributed by atoms with Crippen molar-refractivity contribution in [3.8, 4) is 5.75 Å². The molecule has 0 aliphatic heterocycles. The van der Waals surface area contributed by atoms with E-state index in [0.29, 0.717) is 0 Å². The van der Waals surface area contributed by atoms with E-state index in [1.54, 1.807) is 10.4 Å². The van der Waals surface area contributed by atoms with Gasteiger partial charge in [-0.3, -0.25) is 0 Å². The molecule has 0 N–H and O–H groups in total. The molecule has 0 atom stereocenters. The van der Waals surface area contributed by atoms with Crippen molar-refractivity contribution in [2.45, 2.75) is 55.3 Å². The van der Waals surface area contributed by atoms with Crippen molar-refractivity contribution in [2.75, 3.05) is 20.2 Å². The molecule has 0 heterocycles. The third kappa shape index (κ3) is 5.21. The van der Waals surface area contributed by atoms with E-state index >= 15 is 0 Å². The van der Waals surface area contributed by atoms with Crippen molar-refractivity contribution in [3.63, 3.8) is 0 Å². The topological polar surface area (TPSA) is 12.5 Å². The van der Waals surface area contributed by atoms with Gasteiger partial charge in [0, 0.05) is 0 Å². The van der Waals surface area contributed by atoms with Gasteiger partial charge in [-0.15, -0.1) is 0 Å². The molecule has 1 rings (SSSR count). The standard InChI is InChI=1S/C12H18NO.2C3H7.Bi/c1-4-13(5-2)10-11-7-6-8-12(9-11)14-3;2*1-3-2;/h6,8-9H,4-5,10H2,1-3H3;2*3H,1-2H3;. The Labute approximate surface area is 139 Å². The van der Waals surface area contributed by atoms with E-state index in [-0.39, 0.29) is 0 Å². The van der Waals surface area contributed by atoms with Crippen molar-refractivity contribution in [2.24, 2.45) is 0 Å². The molecule has 0 spiro atoms. The van der Waals surface area contributed by atoms with Crippen molar-refractivity contribution < 1.29 is 4.74 Å². The summed E-state index contributed by atoms with van der Waals surface area (Å²) in [5.74, 6) is 0.998. The zero-order valence-electron chi connectivity index (χ0n) is 14.8. The van der Waals surface area contributed by atoms with Crippen LogP contribution in [-0.4, -0.2) is 46.8 Å². The van der Waals surface area contributed by atoms with E-state index in [0.717, 1.165) is 32.6 Å². The van der Waals surface area contributed by atoms with Crippen LogP contribution < -0.4 is 8.01 Å². The van der Waals surface area contributed by atoms with Gasteiger partial charge in [0.05, 0.1) is 0 Å². The normalized spacial score (nSPS) is 12.0. The Morgan fingerprint density at radius 3 is 2.05 bits per heavy atom. The fraction of sp³-hybridized carbons (Fsp3) is 0.667. The summed E-state index contributed by atoms with van der Waals surface area (Å²) in [5.41, 5.74) is 1.51. The summed E-state index contributed by atoms with van der Waals surface area (Å²) >= 11 is -1.71. The van der Waals surface area contributed by atoms with Gasteiger partial charge in [0.2, 0.25) is 0 Å². The zero-order chi connectivity index (χ0) is 16.0. The van der Waals surface area contributed by atoms with Gasteiger partial charge in [-0.1, -0.05) is 0 Å². The Balaban J connectivity index is 3.22. The van der Waals surface area contributed by atoms with E-state index in [1.807, 2.05) is 0 Å². The van der Waals surface area contributed by atoms with Crippen molar-refractivity contribution >= 4 is 25.0 Å². The summed E-state index contributed by atoms with van der Waals surface area (Å²) in [4.78, 5) is 2.50. The molecule has 0 amide bonds. The quantitative estimate of drug-likeness (QED) is 0.513. The molecule has 0 aliphatic rings. The van der Waals surface area contributed by atoms with Crippen molar-refractivity contribution in [1.82, 2.24) is 4.90 Å². The summed E-state index contributed by atoms with van der Waals surface area (Å²) < 4.78 is 8.86. The van der Waals surface area contributed by atoms with Crippen LogP contribution in [0.1, 0.15) is 47.1 Å². The molecule has 2 nitrogen and oxygen atoms in total. The molecule has 21 heavy (non-hydrogen) atoms. The maximum absolute atomic E-state index is 5.46. The van der Waals surface area contributed by atoms with Crippen LogP contribution in [-0.2, 0) is 6.54 Å². The number of nitrogens with zero attached hydrogens (tertiary/aromatic N) is 1. The van der Waals surface area contributed by atoms with Crippen LogP contribution in [0.25, 0.3) is 0 Å². The summed E-state index contributed by atoms with van der Waals surface area (Å²) in [6.45, 7) is 17.4. The number of hydrogen-bond donors (Lipinski definition) is 0. The molecular formula is C18H32BiNO. The van der Waals surface area contributed by atoms with Crippen molar-refractivity contribution in [1.29, 1.82) is 0 Å². The first-order valence-corrected chi connectivity index (χ1v) is 13.9. The molecule has 120 valence electrons. The third-order valence-electron chi connectivity index (χ3n) is 3.97. The molecule has 0 radical (unpaired) electrons. The molecule has 0 saturated carbocycles. The molecule has 0 unspecified atom stereocenters. The van der Waals surface area contributed by atoms with Crippen molar-refractivity contribution in [3.05, 3.63) is 23.8 Å². The second kappa shape index (κ2) is 9.10. The Bertz CT molecular complexity index is 419. The molecule has 1 aromatic carbocycles. The van der Waals surface area contributed by atoms with Crippen LogP contribution in [0.4, 0.5) is 0 Å². The van der Waals surface area contributed by atoms with Gasteiger partial charge in [0.15, 0.2) is 0 Å². The molecule has 0 fully saturated rings. The number of methoxy groups -OCH3 is 1. The minimum absolute atomic E-state index is 0.851. The third-order valence-corrected chi connectivity index (χ3v) is 16.5. The number of rotatable bonds is 8. The van der Waals surface area contributed by atoms with Gasteiger partial charge in [0.1, 0.15) is 0 Å². The number of hydrogen-bond acceptors (Lipinski definition) is 2. The van der Waals surface area contributed by atoms with Gasteiger partial charge in [-0.25, -0.2) is 0 Å². The zero-order valence-corrected chi connectivity index (χ0v) is 18.3. The Hall–Kier alpha value is -0.137. The monoisotopic (exact) mass is 487 g/mol. The first-order valence-electron chi connectivity index (χ1n) is 8.12. The molecule has 0 aliphatic carbocycles. The van der Waals surface area contributed by atoms with Crippen LogP contribution in [0.2, 0.25) is 7.25 Å². The van der Waals surface area contributed by atoms with Crippen LogP contribution >= 0.6 is 0 Å². The van der Waals surface area contributed by atoms with Crippen LogP contribution in [0.3, 0.4) is 0 Å². The van der Waals surface area contributed by atoms with E-state index < -0.39 is 21.8 Å². The van der Waals surface area contributed by atoms with Crippen LogP contribution in [0.5, 0.6) is 5.75 Å². The summed E-state index contributed by atoms with van der Waals surface area (Å²) in [5, 5.41) is 0. The first-order chi connectivity index (χ1) is 9.94. The maximum atomic E-state index is 5.46. The predicted octanol–water partition coefficient (Wildman–Crippen LogP) is 4.06. The minimum atomic E-state index is -1.71. The fourth-order valence-corrected chi connectivity index (χ4v) is 14.6. The molecule has 1 aromatic rings. The van der Waals surface area contributed by atoms with E-state index in [1.165, 1.54) is 5.56 Å². The van der Waals surface area contributed by atoms with Crippen LogP contribution in [0.15, 0.2) is 18.2 Å². The average Bonchev–Trinajstić information content (AvgIpc) is 2.45. The Morgan fingerprint density at radius 1 is 1.05 bits per heavy atom. The predicted molar refractivity (Wildman–Crippen MR) is 95.2 cm³/mol. The SMILES string of the molecule is CCN(CC)Cc1cc(OC)cc[c]1[Bi]([CH](C)C)[CH](C)C. The van der Waals surface area contributed by atoms with Crippen LogP contribution in [0, 0.1) is 0 Å². The van der Waals surface area contributed by atoms with Gasteiger partial charge in [-0.2, -0.15) is 0 Å². The second-order valence-electron chi connectivity index (χ2n) is 6.05. The summed E-state index contributed by atoms with van der Waals surface area (Å²) in [6, 6.07) is 6.81. The summed E-state index contributed by atoms with van der Waals surface area (Å²) in [6.07, 6.45) is 0. The summed E-state index contributed by atoms with van der Waals surface area (Å²) in [7, 11) is 1.77. The van der Waals surface area contributed by atoms with Gasteiger partial charge < -0.3 is 0 Å².